The Morgan fingerprint density at radius 1 is 1.50 bits per heavy atom. The molecule has 0 saturated carbocycles. The van der Waals surface area contributed by atoms with Crippen LogP contribution in [0.4, 0.5) is 0 Å². The molecule has 0 spiro atoms. The maximum absolute atomic E-state index is 3.88. The molecule has 56 valence electrons. The average Bonchev–Trinajstić information content (AvgIpc) is 2.11. The Labute approximate surface area is 74.0 Å². The van der Waals surface area contributed by atoms with Crippen molar-refractivity contribution >= 4 is 22.6 Å². The maximum Gasteiger partial charge on any atom is 0.194 e. The van der Waals surface area contributed by atoms with Crippen molar-refractivity contribution < 1.29 is 0 Å². The highest BCUT2D eigenvalue weighted by molar-refractivity contribution is 14.1. The monoisotopic (exact) mass is 251 g/mol. The van der Waals surface area contributed by atoms with E-state index in [9.17, 15) is 0 Å². The van der Waals surface area contributed by atoms with E-state index >= 15 is 0 Å². The smallest absolute Gasteiger partial charge is 0.194 e. The predicted molar refractivity (Wildman–Crippen MR) is 47.7 cm³/mol. The average molecular weight is 251 g/mol. The van der Waals surface area contributed by atoms with Gasteiger partial charge in [0.25, 0.3) is 0 Å². The third-order valence-electron chi connectivity index (χ3n) is 1.23. The first-order valence-corrected chi connectivity index (χ1v) is 4.15. The number of halogens is 1. The Kier molecular flexibility index (Phi) is 1.98. The van der Waals surface area contributed by atoms with Crippen LogP contribution in [0, 0.1) is 3.83 Å². The summed E-state index contributed by atoms with van der Waals surface area (Å²) in [4.78, 5) is 0. The van der Waals surface area contributed by atoms with Gasteiger partial charge in [0.15, 0.2) is 3.83 Å². The zero-order valence-electron chi connectivity index (χ0n) is 6.30. The van der Waals surface area contributed by atoms with Crippen LogP contribution in [0.3, 0.4) is 0 Å². The molecule has 0 aliphatic rings. The molecule has 0 aromatic carbocycles. The van der Waals surface area contributed by atoms with Crippen LogP contribution in [0.2, 0.25) is 0 Å². The van der Waals surface area contributed by atoms with Crippen LogP contribution in [0.15, 0.2) is 6.33 Å². The molecule has 3 nitrogen and oxygen atoms in total. The van der Waals surface area contributed by atoms with E-state index in [4.69, 9.17) is 0 Å². The van der Waals surface area contributed by atoms with Gasteiger partial charge >= 0.3 is 0 Å². The fourth-order valence-electron chi connectivity index (χ4n) is 0.671. The lowest BCUT2D eigenvalue weighted by Crippen LogP contribution is -2.22. The van der Waals surface area contributed by atoms with Crippen molar-refractivity contribution in [1.29, 1.82) is 0 Å². The summed E-state index contributed by atoms with van der Waals surface area (Å²) in [6.07, 6.45) is 1.75. The lowest BCUT2D eigenvalue weighted by atomic mass is 10.1. The molecular weight excluding hydrogens is 241 g/mol. The summed E-state index contributed by atoms with van der Waals surface area (Å²) in [5, 5.41) is 7.68. The van der Waals surface area contributed by atoms with Crippen LogP contribution in [0.5, 0.6) is 0 Å². The summed E-state index contributed by atoms with van der Waals surface area (Å²) in [5.41, 5.74) is 0.0972. The van der Waals surface area contributed by atoms with Crippen LogP contribution >= 0.6 is 22.6 Å². The molecule has 1 aromatic heterocycles. The van der Waals surface area contributed by atoms with Crippen LogP contribution in [-0.2, 0) is 5.54 Å². The molecule has 1 rings (SSSR count). The summed E-state index contributed by atoms with van der Waals surface area (Å²) < 4.78 is 2.97. The highest BCUT2D eigenvalue weighted by Gasteiger charge is 2.15. The van der Waals surface area contributed by atoms with Crippen LogP contribution in [0.1, 0.15) is 20.8 Å². The lowest BCUT2D eigenvalue weighted by molar-refractivity contribution is 0.387. The molecule has 0 aliphatic heterocycles. The molecule has 0 unspecified atom stereocenters. The van der Waals surface area contributed by atoms with Crippen molar-refractivity contribution in [1.82, 2.24) is 14.8 Å². The van der Waals surface area contributed by atoms with E-state index in [1.165, 1.54) is 0 Å². The largest absolute Gasteiger partial charge is 0.304 e. The molecule has 10 heavy (non-hydrogen) atoms. The SMILES string of the molecule is CC(C)(C)n1cnnc1I. The van der Waals surface area contributed by atoms with Crippen LogP contribution in [0.25, 0.3) is 0 Å². The van der Waals surface area contributed by atoms with Gasteiger partial charge in [-0.3, -0.25) is 0 Å². The first-order valence-electron chi connectivity index (χ1n) is 3.08. The lowest BCUT2D eigenvalue weighted by Gasteiger charge is -2.20. The van der Waals surface area contributed by atoms with Crippen molar-refractivity contribution in [2.75, 3.05) is 0 Å². The molecular formula is C6H10IN3. The van der Waals surface area contributed by atoms with Crippen molar-refractivity contribution in [3.8, 4) is 0 Å². The summed E-state index contributed by atoms with van der Waals surface area (Å²) in [6.45, 7) is 6.37. The molecule has 0 bridgehead atoms. The van der Waals surface area contributed by atoms with E-state index in [-0.39, 0.29) is 5.54 Å². The van der Waals surface area contributed by atoms with Crippen LogP contribution in [-0.4, -0.2) is 14.8 Å². The van der Waals surface area contributed by atoms with Gasteiger partial charge in [-0.05, 0) is 20.8 Å². The normalized spacial score (nSPS) is 12.0. The Morgan fingerprint density at radius 3 is 2.30 bits per heavy atom. The van der Waals surface area contributed by atoms with E-state index in [1.807, 2.05) is 4.57 Å². The van der Waals surface area contributed by atoms with E-state index in [1.54, 1.807) is 6.33 Å². The summed E-state index contributed by atoms with van der Waals surface area (Å²) in [7, 11) is 0. The topological polar surface area (TPSA) is 30.7 Å². The molecule has 4 heteroatoms. The van der Waals surface area contributed by atoms with Gasteiger partial charge in [-0.15, -0.1) is 10.2 Å². The minimum Gasteiger partial charge on any atom is -0.304 e. The Balaban J connectivity index is 3.05. The van der Waals surface area contributed by atoms with Crippen LogP contribution < -0.4 is 0 Å². The third kappa shape index (κ3) is 1.47. The molecule has 1 heterocycles. The second kappa shape index (κ2) is 2.48. The minimum atomic E-state index is 0.0972. The van der Waals surface area contributed by atoms with Crippen molar-refractivity contribution in [3.63, 3.8) is 0 Å². The second-order valence-electron chi connectivity index (χ2n) is 3.14. The van der Waals surface area contributed by atoms with Gasteiger partial charge in [0.2, 0.25) is 0 Å². The zero-order chi connectivity index (χ0) is 7.78. The Morgan fingerprint density at radius 2 is 2.10 bits per heavy atom. The molecule has 0 fully saturated rings. The van der Waals surface area contributed by atoms with Gasteiger partial charge in [0.1, 0.15) is 6.33 Å². The van der Waals surface area contributed by atoms with E-state index in [0.717, 1.165) is 3.83 Å². The van der Waals surface area contributed by atoms with E-state index in [2.05, 4.69) is 53.6 Å². The Bertz CT molecular complexity index is 223. The van der Waals surface area contributed by atoms with Gasteiger partial charge < -0.3 is 4.57 Å². The quantitative estimate of drug-likeness (QED) is 0.656. The standard InChI is InChI=1S/C6H10IN3/c1-6(2,3)10-4-8-9-5(10)7/h4H,1-3H3. The van der Waals surface area contributed by atoms with E-state index < -0.39 is 0 Å². The highest BCUT2D eigenvalue weighted by Crippen LogP contribution is 2.15. The molecule has 1 aromatic rings. The molecule has 0 N–H and O–H groups in total. The number of hydrogen-bond donors (Lipinski definition) is 0. The number of rotatable bonds is 0. The van der Waals surface area contributed by atoms with Crippen molar-refractivity contribution in [3.05, 3.63) is 10.2 Å². The summed E-state index contributed by atoms with van der Waals surface area (Å²) in [6, 6.07) is 0. The van der Waals surface area contributed by atoms with Gasteiger partial charge in [0, 0.05) is 28.1 Å². The predicted octanol–water partition coefficient (Wildman–Crippen LogP) is 1.64. The number of hydrogen-bond acceptors (Lipinski definition) is 2. The molecule has 0 amide bonds. The maximum atomic E-state index is 3.88. The van der Waals surface area contributed by atoms with Gasteiger partial charge in [-0.1, -0.05) is 0 Å². The summed E-state index contributed by atoms with van der Waals surface area (Å²) >= 11 is 2.17. The molecule has 0 saturated heterocycles. The first-order chi connectivity index (χ1) is 4.52. The van der Waals surface area contributed by atoms with Gasteiger partial charge in [-0.2, -0.15) is 0 Å². The minimum absolute atomic E-state index is 0.0972. The fraction of sp³-hybridized carbons (Fsp3) is 0.667. The highest BCUT2D eigenvalue weighted by atomic mass is 127. The number of aromatic nitrogens is 3. The zero-order valence-corrected chi connectivity index (χ0v) is 8.45. The van der Waals surface area contributed by atoms with Gasteiger partial charge in [-0.25, -0.2) is 0 Å². The fourth-order valence-corrected chi connectivity index (χ4v) is 1.64. The number of nitrogens with zero attached hydrogens (tertiary/aromatic N) is 3. The molecule has 0 radical (unpaired) electrons. The van der Waals surface area contributed by atoms with Crippen molar-refractivity contribution in [2.45, 2.75) is 26.3 Å². The molecule has 0 aliphatic carbocycles. The second-order valence-corrected chi connectivity index (χ2v) is 4.11. The Hall–Kier alpha value is -0.130. The van der Waals surface area contributed by atoms with Gasteiger partial charge in [0.05, 0.1) is 0 Å². The van der Waals surface area contributed by atoms with Crippen molar-refractivity contribution in [2.24, 2.45) is 0 Å². The molecule has 0 atom stereocenters. The summed E-state index contributed by atoms with van der Waals surface area (Å²) in [5.74, 6) is 0. The van der Waals surface area contributed by atoms with E-state index in [0.29, 0.717) is 0 Å². The first kappa shape index (κ1) is 7.97. The third-order valence-corrected chi connectivity index (χ3v) is 1.96.